The van der Waals surface area contributed by atoms with E-state index in [2.05, 4.69) is 11.9 Å². The van der Waals surface area contributed by atoms with E-state index in [4.69, 9.17) is 5.11 Å². The summed E-state index contributed by atoms with van der Waals surface area (Å²) < 4.78 is 0. The fourth-order valence-corrected chi connectivity index (χ4v) is 2.78. The van der Waals surface area contributed by atoms with Gasteiger partial charge in [-0.25, -0.2) is 4.79 Å². The summed E-state index contributed by atoms with van der Waals surface area (Å²) in [6.45, 7) is 2.36. The summed E-state index contributed by atoms with van der Waals surface area (Å²) in [6.07, 6.45) is 4.04. The van der Waals surface area contributed by atoms with Gasteiger partial charge in [-0.05, 0) is 45.8 Å². The maximum Gasteiger partial charge on any atom is 0.320 e. The summed E-state index contributed by atoms with van der Waals surface area (Å²) in [5.74, 6) is -0.842. The lowest BCUT2D eigenvalue weighted by Gasteiger charge is -2.37. The second-order valence-electron chi connectivity index (χ2n) is 6.00. The van der Waals surface area contributed by atoms with Gasteiger partial charge in [0.15, 0.2) is 0 Å². The SMILES string of the molecule is CN1CCC(N(C)C(=O)N(CCC(=O)O)C2CC2)CC1. The molecule has 1 heterocycles. The van der Waals surface area contributed by atoms with Crippen molar-refractivity contribution in [3.63, 3.8) is 0 Å². The number of carboxylic acids is 1. The number of likely N-dealkylation sites (tertiary alicyclic amines) is 1. The molecule has 1 aliphatic heterocycles. The molecule has 2 aliphatic rings. The van der Waals surface area contributed by atoms with E-state index in [1.807, 2.05) is 11.9 Å². The van der Waals surface area contributed by atoms with E-state index in [0.29, 0.717) is 6.54 Å². The van der Waals surface area contributed by atoms with Gasteiger partial charge in [0.25, 0.3) is 0 Å². The van der Waals surface area contributed by atoms with Gasteiger partial charge >= 0.3 is 12.0 Å². The number of urea groups is 1. The number of carbonyl (C=O) groups is 2. The monoisotopic (exact) mass is 283 g/mol. The van der Waals surface area contributed by atoms with Crippen LogP contribution in [0.4, 0.5) is 4.79 Å². The van der Waals surface area contributed by atoms with Gasteiger partial charge in [0.1, 0.15) is 0 Å². The first-order valence-electron chi connectivity index (χ1n) is 7.43. The van der Waals surface area contributed by atoms with Crippen LogP contribution in [0.3, 0.4) is 0 Å². The first kappa shape index (κ1) is 15.1. The second kappa shape index (κ2) is 6.43. The van der Waals surface area contributed by atoms with E-state index in [9.17, 15) is 9.59 Å². The Balaban J connectivity index is 1.90. The number of amides is 2. The van der Waals surface area contributed by atoms with Crippen molar-refractivity contribution in [1.82, 2.24) is 14.7 Å². The lowest BCUT2D eigenvalue weighted by Crippen LogP contribution is -2.50. The first-order chi connectivity index (χ1) is 9.49. The average Bonchev–Trinajstić information content (AvgIpc) is 3.23. The quantitative estimate of drug-likeness (QED) is 0.820. The fourth-order valence-electron chi connectivity index (χ4n) is 2.78. The largest absolute Gasteiger partial charge is 0.481 e. The number of aliphatic carboxylic acids is 1. The molecule has 0 radical (unpaired) electrons. The molecule has 20 heavy (non-hydrogen) atoms. The molecule has 6 nitrogen and oxygen atoms in total. The summed E-state index contributed by atoms with van der Waals surface area (Å²) in [5, 5.41) is 8.81. The zero-order chi connectivity index (χ0) is 14.7. The predicted octanol–water partition coefficient (Wildman–Crippen LogP) is 1.07. The van der Waals surface area contributed by atoms with Crippen LogP contribution in [-0.2, 0) is 4.79 Å². The Morgan fingerprint density at radius 1 is 1.15 bits per heavy atom. The molecule has 6 heteroatoms. The number of nitrogens with zero attached hydrogens (tertiary/aromatic N) is 3. The van der Waals surface area contributed by atoms with Gasteiger partial charge in [0.2, 0.25) is 0 Å². The van der Waals surface area contributed by atoms with Crippen molar-refractivity contribution in [2.75, 3.05) is 33.7 Å². The highest BCUT2D eigenvalue weighted by molar-refractivity contribution is 5.76. The zero-order valence-corrected chi connectivity index (χ0v) is 12.4. The van der Waals surface area contributed by atoms with E-state index < -0.39 is 5.97 Å². The molecule has 2 amide bonds. The van der Waals surface area contributed by atoms with Crippen LogP contribution >= 0.6 is 0 Å². The Kier molecular flexibility index (Phi) is 4.86. The molecule has 2 rings (SSSR count). The maximum absolute atomic E-state index is 12.6. The smallest absolute Gasteiger partial charge is 0.320 e. The van der Waals surface area contributed by atoms with Crippen LogP contribution in [0.15, 0.2) is 0 Å². The molecule has 1 saturated heterocycles. The van der Waals surface area contributed by atoms with Crippen LogP contribution < -0.4 is 0 Å². The molecule has 0 aromatic rings. The number of hydrogen-bond donors (Lipinski definition) is 1. The summed E-state index contributed by atoms with van der Waals surface area (Å²) in [5.41, 5.74) is 0. The normalized spacial score (nSPS) is 20.7. The molecular formula is C14H25N3O3. The Hall–Kier alpha value is -1.30. The van der Waals surface area contributed by atoms with Crippen LogP contribution in [0.1, 0.15) is 32.1 Å². The van der Waals surface area contributed by atoms with Gasteiger partial charge < -0.3 is 19.8 Å². The Morgan fingerprint density at radius 3 is 2.25 bits per heavy atom. The molecule has 1 aliphatic carbocycles. The van der Waals surface area contributed by atoms with Crippen LogP contribution in [0.5, 0.6) is 0 Å². The summed E-state index contributed by atoms with van der Waals surface area (Å²) in [6, 6.07) is 0.545. The molecule has 0 aromatic heterocycles. The molecule has 0 bridgehead atoms. The average molecular weight is 283 g/mol. The van der Waals surface area contributed by atoms with Crippen molar-refractivity contribution in [3.8, 4) is 0 Å². The number of rotatable bonds is 5. The first-order valence-corrected chi connectivity index (χ1v) is 7.43. The van der Waals surface area contributed by atoms with Gasteiger partial charge in [0, 0.05) is 25.7 Å². The molecule has 0 atom stereocenters. The van der Waals surface area contributed by atoms with Crippen LogP contribution in [0.2, 0.25) is 0 Å². The molecule has 1 N–H and O–H groups in total. The van der Waals surface area contributed by atoms with Crippen molar-refractivity contribution < 1.29 is 14.7 Å². The van der Waals surface area contributed by atoms with Gasteiger partial charge in [-0.3, -0.25) is 4.79 Å². The highest BCUT2D eigenvalue weighted by atomic mass is 16.4. The molecule has 114 valence electrons. The van der Waals surface area contributed by atoms with Crippen molar-refractivity contribution in [2.24, 2.45) is 0 Å². The highest BCUT2D eigenvalue weighted by Crippen LogP contribution is 2.28. The Morgan fingerprint density at radius 2 is 1.75 bits per heavy atom. The van der Waals surface area contributed by atoms with E-state index >= 15 is 0 Å². The van der Waals surface area contributed by atoms with Crippen molar-refractivity contribution in [3.05, 3.63) is 0 Å². The van der Waals surface area contributed by atoms with Crippen LogP contribution in [0.25, 0.3) is 0 Å². The van der Waals surface area contributed by atoms with Gasteiger partial charge in [-0.15, -0.1) is 0 Å². The summed E-state index contributed by atoms with van der Waals surface area (Å²) >= 11 is 0. The molecule has 2 fully saturated rings. The third-order valence-corrected chi connectivity index (χ3v) is 4.34. The standard InChI is InChI=1S/C14H25N3O3/c1-15-8-5-11(6-9-15)16(2)14(20)17(12-3-4-12)10-7-13(18)19/h11-12H,3-10H2,1-2H3,(H,18,19). The van der Waals surface area contributed by atoms with E-state index in [1.54, 1.807) is 4.90 Å². The lowest BCUT2D eigenvalue weighted by atomic mass is 10.0. The molecular weight excluding hydrogens is 258 g/mol. The van der Waals surface area contributed by atoms with Gasteiger partial charge in [0.05, 0.1) is 6.42 Å². The number of piperidine rings is 1. The van der Waals surface area contributed by atoms with E-state index in [0.717, 1.165) is 38.8 Å². The number of hydrogen-bond acceptors (Lipinski definition) is 3. The minimum Gasteiger partial charge on any atom is -0.481 e. The lowest BCUT2D eigenvalue weighted by molar-refractivity contribution is -0.137. The van der Waals surface area contributed by atoms with E-state index in [1.165, 1.54) is 0 Å². The topological polar surface area (TPSA) is 64.1 Å². The fraction of sp³-hybridized carbons (Fsp3) is 0.857. The summed E-state index contributed by atoms with van der Waals surface area (Å²) in [7, 11) is 3.95. The van der Waals surface area contributed by atoms with Crippen LogP contribution in [-0.4, -0.2) is 77.6 Å². The van der Waals surface area contributed by atoms with Gasteiger partial charge in [-0.2, -0.15) is 0 Å². The minimum absolute atomic E-state index is 0.00306. The second-order valence-corrected chi connectivity index (χ2v) is 6.00. The molecule has 1 saturated carbocycles. The maximum atomic E-state index is 12.6. The Labute approximate surface area is 120 Å². The van der Waals surface area contributed by atoms with Crippen molar-refractivity contribution in [1.29, 1.82) is 0 Å². The molecule has 0 aromatic carbocycles. The molecule has 0 spiro atoms. The van der Waals surface area contributed by atoms with Gasteiger partial charge in [-0.1, -0.05) is 0 Å². The van der Waals surface area contributed by atoms with Crippen molar-refractivity contribution >= 4 is 12.0 Å². The third-order valence-electron chi connectivity index (χ3n) is 4.34. The predicted molar refractivity (Wildman–Crippen MR) is 75.7 cm³/mol. The van der Waals surface area contributed by atoms with E-state index in [-0.39, 0.29) is 24.5 Å². The summed E-state index contributed by atoms with van der Waals surface area (Å²) in [4.78, 5) is 29.1. The minimum atomic E-state index is -0.842. The third kappa shape index (κ3) is 3.85. The Bertz CT molecular complexity index is 363. The number of carbonyl (C=O) groups excluding carboxylic acids is 1. The number of carboxylic acid groups (broad SMARTS) is 1. The van der Waals surface area contributed by atoms with Crippen LogP contribution in [0, 0.1) is 0 Å². The highest BCUT2D eigenvalue weighted by Gasteiger charge is 2.36. The zero-order valence-electron chi connectivity index (χ0n) is 12.4. The molecule has 0 unspecified atom stereocenters. The van der Waals surface area contributed by atoms with Crippen molar-refractivity contribution in [2.45, 2.75) is 44.2 Å².